The Morgan fingerprint density at radius 2 is 1.80 bits per heavy atom. The number of halogens is 1. The number of pyridine rings is 1. The zero-order chi connectivity index (χ0) is 20.8. The number of imide groups is 1. The molecule has 0 saturated carbocycles. The molecule has 0 bridgehead atoms. The Hall–Kier alpha value is -3.65. The number of benzene rings is 2. The van der Waals surface area contributed by atoms with Crippen molar-refractivity contribution in [3.05, 3.63) is 92.5 Å². The van der Waals surface area contributed by atoms with Crippen LogP contribution in [0.3, 0.4) is 0 Å². The number of nitrogens with zero attached hydrogens (tertiary/aromatic N) is 3. The van der Waals surface area contributed by atoms with E-state index in [-0.39, 0.29) is 23.9 Å². The quantitative estimate of drug-likeness (QED) is 0.430. The van der Waals surface area contributed by atoms with Crippen molar-refractivity contribution in [3.8, 4) is 11.5 Å². The number of hydrogen-bond donors (Lipinski definition) is 0. The first-order valence-corrected chi connectivity index (χ1v) is 9.80. The number of carbonyl (C=O) groups is 2. The van der Waals surface area contributed by atoms with Crippen molar-refractivity contribution in [1.29, 1.82) is 0 Å². The molecule has 0 unspecified atom stereocenters. The zero-order valence-corrected chi connectivity index (χ0v) is 16.9. The third-order valence-corrected chi connectivity index (χ3v) is 5.36. The highest BCUT2D eigenvalue weighted by Gasteiger charge is 2.36. The fourth-order valence-electron chi connectivity index (χ4n) is 3.41. The van der Waals surface area contributed by atoms with Crippen molar-refractivity contribution in [2.75, 3.05) is 0 Å². The van der Waals surface area contributed by atoms with Gasteiger partial charge in [-0.3, -0.25) is 19.5 Å². The van der Waals surface area contributed by atoms with Gasteiger partial charge in [-0.15, -0.1) is 0 Å². The maximum absolute atomic E-state index is 12.9. The summed E-state index contributed by atoms with van der Waals surface area (Å²) < 4.78 is 6.11. The second kappa shape index (κ2) is 7.00. The summed E-state index contributed by atoms with van der Waals surface area (Å²) in [7, 11) is 0. The molecule has 2 amide bonds. The molecule has 2 aromatic carbocycles. The highest BCUT2D eigenvalue weighted by atomic mass is 79.9. The minimum atomic E-state index is -0.530. The average molecular weight is 462 g/mol. The van der Waals surface area contributed by atoms with Crippen LogP contribution in [0.25, 0.3) is 22.4 Å². The summed E-state index contributed by atoms with van der Waals surface area (Å²) in [6.07, 6.45) is 3.24. The number of carbonyl (C=O) groups excluding carboxylic acids is 2. The van der Waals surface area contributed by atoms with E-state index in [1.165, 1.54) is 11.0 Å². The molecule has 0 aliphatic carbocycles. The van der Waals surface area contributed by atoms with E-state index in [0.717, 1.165) is 10.0 Å². The predicted molar refractivity (Wildman–Crippen MR) is 112 cm³/mol. The maximum Gasteiger partial charge on any atom is 0.347 e. The summed E-state index contributed by atoms with van der Waals surface area (Å²) in [6, 6.07) is 13.4. The van der Waals surface area contributed by atoms with Crippen molar-refractivity contribution < 1.29 is 14.0 Å². The molecule has 4 aromatic rings. The molecule has 30 heavy (non-hydrogen) atoms. The molecule has 0 N–H and O–H groups in total. The van der Waals surface area contributed by atoms with E-state index in [1.807, 2.05) is 0 Å². The molecular formula is C22H12BrN3O4. The summed E-state index contributed by atoms with van der Waals surface area (Å²) in [4.78, 5) is 47.5. The zero-order valence-electron chi connectivity index (χ0n) is 15.3. The van der Waals surface area contributed by atoms with Gasteiger partial charge >= 0.3 is 5.63 Å². The van der Waals surface area contributed by atoms with Gasteiger partial charge in [0, 0.05) is 22.4 Å². The molecule has 0 radical (unpaired) electrons. The van der Waals surface area contributed by atoms with Gasteiger partial charge in [0.05, 0.1) is 28.6 Å². The Balaban J connectivity index is 1.54. The summed E-state index contributed by atoms with van der Waals surface area (Å²) in [6.45, 7) is 0.133. The van der Waals surface area contributed by atoms with E-state index in [9.17, 15) is 14.4 Å². The molecule has 0 spiro atoms. The molecule has 0 fully saturated rings. The molecule has 5 rings (SSSR count). The van der Waals surface area contributed by atoms with Crippen LogP contribution >= 0.6 is 15.9 Å². The molecule has 146 valence electrons. The summed E-state index contributed by atoms with van der Waals surface area (Å²) >= 11 is 3.32. The Morgan fingerprint density at radius 3 is 2.60 bits per heavy atom. The fourth-order valence-corrected chi connectivity index (χ4v) is 3.77. The Labute approximate surface area is 178 Å². The molecule has 1 aliphatic heterocycles. The third kappa shape index (κ3) is 3.02. The Bertz CT molecular complexity index is 1400. The second-order valence-electron chi connectivity index (χ2n) is 6.79. The highest BCUT2D eigenvalue weighted by Crippen LogP contribution is 2.29. The predicted octanol–water partition coefficient (Wildman–Crippen LogP) is 3.81. The lowest BCUT2D eigenvalue weighted by molar-refractivity contribution is 0.0642. The van der Waals surface area contributed by atoms with Gasteiger partial charge in [-0.1, -0.05) is 22.0 Å². The smallest absolute Gasteiger partial charge is 0.347 e. The van der Waals surface area contributed by atoms with Crippen molar-refractivity contribution in [3.63, 3.8) is 0 Å². The van der Waals surface area contributed by atoms with Gasteiger partial charge in [0.15, 0.2) is 0 Å². The lowest BCUT2D eigenvalue weighted by Crippen LogP contribution is -2.29. The van der Waals surface area contributed by atoms with Gasteiger partial charge in [-0.25, -0.2) is 9.78 Å². The standard InChI is InChI=1S/C22H12BrN3O4/c23-14-4-6-18-17(9-14)22(29)30-19(25-18)13-3-5-15-16(8-13)21(28)26(20(15)27)11-12-2-1-7-24-10-12/h1-10H,11H2. The van der Waals surface area contributed by atoms with Crippen LogP contribution in [-0.4, -0.2) is 26.7 Å². The van der Waals surface area contributed by atoms with Crippen LogP contribution < -0.4 is 5.63 Å². The van der Waals surface area contributed by atoms with Crippen molar-refractivity contribution >= 4 is 38.6 Å². The molecule has 3 heterocycles. The van der Waals surface area contributed by atoms with Crippen LogP contribution in [0.2, 0.25) is 0 Å². The molecule has 8 heteroatoms. The van der Waals surface area contributed by atoms with E-state index in [1.54, 1.807) is 54.9 Å². The van der Waals surface area contributed by atoms with Crippen LogP contribution in [0.4, 0.5) is 0 Å². The van der Waals surface area contributed by atoms with Crippen LogP contribution in [0.5, 0.6) is 0 Å². The normalized spacial score (nSPS) is 13.2. The largest absolute Gasteiger partial charge is 0.403 e. The minimum Gasteiger partial charge on any atom is -0.403 e. The number of amides is 2. The molecule has 2 aromatic heterocycles. The van der Waals surface area contributed by atoms with Crippen LogP contribution in [0.1, 0.15) is 26.3 Å². The number of aromatic nitrogens is 2. The first-order chi connectivity index (χ1) is 14.5. The lowest BCUT2D eigenvalue weighted by Gasteiger charge is -2.13. The van der Waals surface area contributed by atoms with Crippen LogP contribution in [0, 0.1) is 0 Å². The van der Waals surface area contributed by atoms with Crippen molar-refractivity contribution in [2.24, 2.45) is 0 Å². The second-order valence-corrected chi connectivity index (χ2v) is 7.70. The number of fused-ring (bicyclic) bond motifs is 2. The van der Waals surface area contributed by atoms with Crippen molar-refractivity contribution in [1.82, 2.24) is 14.9 Å². The molecule has 1 aliphatic rings. The fraction of sp³-hybridized carbons (Fsp3) is 0.0455. The van der Waals surface area contributed by atoms with Gasteiger partial charge in [-0.05, 0) is 48.0 Å². The van der Waals surface area contributed by atoms with Crippen LogP contribution in [0.15, 0.2) is 74.6 Å². The van der Waals surface area contributed by atoms with Gasteiger partial charge in [0.1, 0.15) is 0 Å². The molecule has 7 nitrogen and oxygen atoms in total. The lowest BCUT2D eigenvalue weighted by atomic mass is 10.1. The summed E-state index contributed by atoms with van der Waals surface area (Å²) in [5, 5.41) is 0.350. The third-order valence-electron chi connectivity index (χ3n) is 4.87. The van der Waals surface area contributed by atoms with Crippen LogP contribution in [-0.2, 0) is 6.54 Å². The van der Waals surface area contributed by atoms with E-state index < -0.39 is 11.5 Å². The highest BCUT2D eigenvalue weighted by molar-refractivity contribution is 9.10. The summed E-state index contributed by atoms with van der Waals surface area (Å²) in [5.74, 6) is -0.695. The Kier molecular flexibility index (Phi) is 4.29. The SMILES string of the molecule is O=C1c2ccc(-c3nc4ccc(Br)cc4c(=O)o3)cc2C(=O)N1Cc1cccnc1. The maximum atomic E-state index is 12.9. The van der Waals surface area contributed by atoms with Gasteiger partial charge in [0.2, 0.25) is 5.89 Å². The van der Waals surface area contributed by atoms with E-state index in [4.69, 9.17) is 4.42 Å². The van der Waals surface area contributed by atoms with E-state index >= 15 is 0 Å². The van der Waals surface area contributed by atoms with E-state index in [0.29, 0.717) is 22.0 Å². The average Bonchev–Trinajstić information content (AvgIpc) is 2.99. The monoisotopic (exact) mass is 461 g/mol. The topological polar surface area (TPSA) is 93.4 Å². The first-order valence-electron chi connectivity index (χ1n) is 9.01. The Morgan fingerprint density at radius 1 is 0.967 bits per heavy atom. The van der Waals surface area contributed by atoms with Crippen molar-refractivity contribution in [2.45, 2.75) is 6.54 Å². The molecule has 0 saturated heterocycles. The molecule has 0 atom stereocenters. The van der Waals surface area contributed by atoms with E-state index in [2.05, 4.69) is 25.9 Å². The molecular weight excluding hydrogens is 450 g/mol. The van der Waals surface area contributed by atoms with Gasteiger partial charge in [-0.2, -0.15) is 0 Å². The number of hydrogen-bond acceptors (Lipinski definition) is 6. The van der Waals surface area contributed by atoms with Gasteiger partial charge < -0.3 is 4.42 Å². The first kappa shape index (κ1) is 18.4. The number of rotatable bonds is 3. The summed E-state index contributed by atoms with van der Waals surface area (Å²) in [5.41, 5.74) is 1.70. The minimum absolute atomic E-state index is 0.0866. The van der Waals surface area contributed by atoms with Gasteiger partial charge in [0.25, 0.3) is 11.8 Å².